The number of benzene rings is 2. The Morgan fingerprint density at radius 1 is 1.10 bits per heavy atom. The summed E-state index contributed by atoms with van der Waals surface area (Å²) in [5.41, 5.74) is 1.52. The molecule has 1 amide bonds. The molecule has 2 heterocycles. The average Bonchev–Trinajstić information content (AvgIpc) is 3.27. The molecule has 1 saturated heterocycles. The summed E-state index contributed by atoms with van der Waals surface area (Å²) < 4.78 is 28.3. The van der Waals surface area contributed by atoms with Crippen LogP contribution in [-0.2, 0) is 14.8 Å². The maximum atomic E-state index is 13.5. The summed E-state index contributed by atoms with van der Waals surface area (Å²) in [6, 6.07) is 16.5. The maximum absolute atomic E-state index is 13.5. The van der Waals surface area contributed by atoms with E-state index >= 15 is 0 Å². The highest BCUT2D eigenvalue weighted by molar-refractivity contribution is 7.89. The van der Waals surface area contributed by atoms with Gasteiger partial charge in [-0.2, -0.15) is 4.31 Å². The zero-order chi connectivity index (χ0) is 20.3. The van der Waals surface area contributed by atoms with Gasteiger partial charge in [0.05, 0.1) is 10.8 Å². The first-order valence-electron chi connectivity index (χ1n) is 9.40. The number of amides is 1. The summed E-state index contributed by atoms with van der Waals surface area (Å²) in [5.74, 6) is -0.581. The molecule has 1 fully saturated rings. The number of nitrogens with zero attached hydrogens (tertiary/aromatic N) is 2. The third-order valence-corrected chi connectivity index (χ3v) is 7.62. The van der Waals surface area contributed by atoms with Crippen LogP contribution >= 0.6 is 11.3 Å². The fourth-order valence-electron chi connectivity index (χ4n) is 3.55. The molecule has 0 unspecified atom stereocenters. The smallest absolute Gasteiger partial charge is 0.243 e. The number of anilines is 1. The van der Waals surface area contributed by atoms with E-state index in [0.29, 0.717) is 30.1 Å². The van der Waals surface area contributed by atoms with Crippen molar-refractivity contribution in [3.63, 3.8) is 0 Å². The van der Waals surface area contributed by atoms with Crippen LogP contribution in [0.15, 0.2) is 71.1 Å². The Kier molecular flexibility index (Phi) is 5.75. The highest BCUT2D eigenvalue weighted by Crippen LogP contribution is 2.31. The Bertz CT molecular complexity index is 1080. The second-order valence-electron chi connectivity index (χ2n) is 6.89. The van der Waals surface area contributed by atoms with Crippen LogP contribution in [0, 0.1) is 5.92 Å². The van der Waals surface area contributed by atoms with Crippen LogP contribution in [0.4, 0.5) is 5.13 Å². The minimum absolute atomic E-state index is 0.169. The quantitative estimate of drug-likeness (QED) is 0.671. The molecule has 1 N–H and O–H groups in total. The molecule has 6 nitrogen and oxygen atoms in total. The van der Waals surface area contributed by atoms with Crippen molar-refractivity contribution in [2.45, 2.75) is 17.7 Å². The Morgan fingerprint density at radius 2 is 1.86 bits per heavy atom. The van der Waals surface area contributed by atoms with E-state index in [9.17, 15) is 13.2 Å². The highest BCUT2D eigenvalue weighted by Gasteiger charge is 2.34. The van der Waals surface area contributed by atoms with E-state index < -0.39 is 15.9 Å². The molecule has 150 valence electrons. The molecule has 1 atom stereocenters. The molecule has 0 saturated carbocycles. The fraction of sp³-hybridized carbons (Fsp3) is 0.238. The van der Waals surface area contributed by atoms with E-state index in [2.05, 4.69) is 10.3 Å². The molecule has 1 aliphatic heterocycles. The summed E-state index contributed by atoms with van der Waals surface area (Å²) in [6.45, 7) is 0.579. The number of thiazole rings is 1. The Labute approximate surface area is 174 Å². The summed E-state index contributed by atoms with van der Waals surface area (Å²) in [6.07, 6.45) is 2.92. The number of aromatic nitrogens is 1. The van der Waals surface area contributed by atoms with Crippen molar-refractivity contribution < 1.29 is 13.2 Å². The highest BCUT2D eigenvalue weighted by atomic mass is 32.2. The number of piperidine rings is 1. The molecule has 4 rings (SSSR count). The molecule has 8 heteroatoms. The van der Waals surface area contributed by atoms with Crippen LogP contribution in [-0.4, -0.2) is 36.7 Å². The zero-order valence-corrected chi connectivity index (χ0v) is 17.3. The second-order valence-corrected chi connectivity index (χ2v) is 9.69. The van der Waals surface area contributed by atoms with Gasteiger partial charge in [0, 0.05) is 30.2 Å². The van der Waals surface area contributed by atoms with Gasteiger partial charge in [-0.25, -0.2) is 13.4 Å². The molecule has 0 aliphatic carbocycles. The van der Waals surface area contributed by atoms with Crippen LogP contribution in [0.3, 0.4) is 0 Å². The number of rotatable bonds is 5. The normalized spacial score (nSPS) is 17.7. The van der Waals surface area contributed by atoms with Gasteiger partial charge in [-0.15, -0.1) is 11.3 Å². The molecule has 3 aromatic rings. The summed E-state index contributed by atoms with van der Waals surface area (Å²) in [5, 5.41) is 5.10. The van der Waals surface area contributed by atoms with E-state index in [1.807, 2.05) is 42.5 Å². The van der Waals surface area contributed by atoms with Gasteiger partial charge in [-0.05, 0) is 24.5 Å². The minimum Gasteiger partial charge on any atom is -0.302 e. The third-order valence-electron chi connectivity index (χ3n) is 5.01. The van der Waals surface area contributed by atoms with Gasteiger partial charge in [-0.1, -0.05) is 48.5 Å². The van der Waals surface area contributed by atoms with Gasteiger partial charge >= 0.3 is 0 Å². The monoisotopic (exact) mass is 427 g/mol. The molecular weight excluding hydrogens is 406 g/mol. The van der Waals surface area contributed by atoms with Crippen LogP contribution < -0.4 is 5.32 Å². The van der Waals surface area contributed by atoms with Gasteiger partial charge in [-0.3, -0.25) is 4.79 Å². The molecular formula is C21H21N3O3S2. The van der Waals surface area contributed by atoms with E-state index in [4.69, 9.17) is 0 Å². The third kappa shape index (κ3) is 4.24. The van der Waals surface area contributed by atoms with E-state index in [0.717, 1.165) is 5.56 Å². The van der Waals surface area contributed by atoms with Gasteiger partial charge in [0.2, 0.25) is 15.9 Å². The fourth-order valence-corrected chi connectivity index (χ4v) is 5.82. The van der Waals surface area contributed by atoms with Crippen LogP contribution in [0.2, 0.25) is 0 Å². The molecule has 0 bridgehead atoms. The Morgan fingerprint density at radius 3 is 2.62 bits per heavy atom. The predicted octanol–water partition coefficient (Wildman–Crippen LogP) is 3.85. The minimum atomic E-state index is -3.73. The Hall–Kier alpha value is -2.55. The number of carbonyl (C=O) groups excluding carboxylic acids is 1. The van der Waals surface area contributed by atoms with Crippen molar-refractivity contribution in [1.82, 2.24) is 9.29 Å². The number of hydrogen-bond donors (Lipinski definition) is 1. The van der Waals surface area contributed by atoms with Crippen molar-refractivity contribution in [2.24, 2.45) is 5.92 Å². The predicted molar refractivity (Wildman–Crippen MR) is 114 cm³/mol. The van der Waals surface area contributed by atoms with Gasteiger partial charge < -0.3 is 5.32 Å². The van der Waals surface area contributed by atoms with Crippen LogP contribution in [0.5, 0.6) is 0 Å². The molecule has 29 heavy (non-hydrogen) atoms. The van der Waals surface area contributed by atoms with Crippen molar-refractivity contribution in [2.75, 3.05) is 18.4 Å². The summed E-state index contributed by atoms with van der Waals surface area (Å²) in [7, 11) is -3.73. The molecule has 2 aromatic carbocycles. The topological polar surface area (TPSA) is 79.4 Å². The van der Waals surface area contributed by atoms with Crippen molar-refractivity contribution >= 4 is 32.4 Å². The van der Waals surface area contributed by atoms with Gasteiger partial charge in [0.25, 0.3) is 0 Å². The SMILES string of the molecule is O=C(Nc1nccs1)[C@H]1CCCN(S(=O)(=O)c2ccccc2-c2ccccc2)C1. The van der Waals surface area contributed by atoms with E-state index in [1.165, 1.54) is 15.6 Å². The molecule has 1 aliphatic rings. The first-order chi connectivity index (χ1) is 14.1. The molecule has 0 spiro atoms. The van der Waals surface area contributed by atoms with Crippen molar-refractivity contribution in [1.29, 1.82) is 0 Å². The number of nitrogens with one attached hydrogen (secondary N) is 1. The number of sulfonamides is 1. The summed E-state index contributed by atoms with van der Waals surface area (Å²) >= 11 is 1.34. The lowest BCUT2D eigenvalue weighted by atomic mass is 9.99. The maximum Gasteiger partial charge on any atom is 0.243 e. The van der Waals surface area contributed by atoms with Crippen molar-refractivity contribution in [3.8, 4) is 11.1 Å². The van der Waals surface area contributed by atoms with Gasteiger partial charge in [0.15, 0.2) is 5.13 Å². The largest absolute Gasteiger partial charge is 0.302 e. The van der Waals surface area contributed by atoms with Crippen LogP contribution in [0.25, 0.3) is 11.1 Å². The lowest BCUT2D eigenvalue weighted by molar-refractivity contribution is -0.120. The zero-order valence-electron chi connectivity index (χ0n) is 15.7. The summed E-state index contributed by atoms with van der Waals surface area (Å²) in [4.78, 5) is 16.9. The molecule has 1 aromatic heterocycles. The number of carbonyl (C=O) groups is 1. The number of hydrogen-bond acceptors (Lipinski definition) is 5. The second kappa shape index (κ2) is 8.44. The van der Waals surface area contributed by atoms with E-state index in [-0.39, 0.29) is 17.3 Å². The lowest BCUT2D eigenvalue weighted by Crippen LogP contribution is -2.43. The molecule has 0 radical (unpaired) electrons. The standard InChI is InChI=1S/C21H21N3O3S2/c25-20(23-21-22-12-14-28-21)17-9-6-13-24(15-17)29(26,27)19-11-5-4-10-18(19)16-7-2-1-3-8-16/h1-5,7-8,10-12,14,17H,6,9,13,15H2,(H,22,23,25)/t17-/m0/s1. The average molecular weight is 428 g/mol. The Balaban J connectivity index is 1.59. The van der Waals surface area contributed by atoms with Gasteiger partial charge in [0.1, 0.15) is 0 Å². The van der Waals surface area contributed by atoms with Crippen molar-refractivity contribution in [3.05, 3.63) is 66.2 Å². The first kappa shape index (κ1) is 19.8. The van der Waals surface area contributed by atoms with E-state index in [1.54, 1.807) is 23.7 Å². The first-order valence-corrected chi connectivity index (χ1v) is 11.7. The lowest BCUT2D eigenvalue weighted by Gasteiger charge is -2.31. The van der Waals surface area contributed by atoms with Crippen LogP contribution in [0.1, 0.15) is 12.8 Å².